The van der Waals surface area contributed by atoms with Gasteiger partial charge in [-0.1, -0.05) is 6.07 Å². The third-order valence-corrected chi connectivity index (χ3v) is 7.38. The van der Waals surface area contributed by atoms with E-state index >= 15 is 4.39 Å². The summed E-state index contributed by atoms with van der Waals surface area (Å²) in [6.45, 7) is 1.23. The number of phosphoric acid groups is 1. The highest BCUT2D eigenvalue weighted by molar-refractivity contribution is 7.46. The number of nitrogens with one attached hydrogen (secondary N) is 2. The Bertz CT molecular complexity index is 1690. The van der Waals surface area contributed by atoms with Crippen LogP contribution in [0.25, 0.3) is 10.9 Å². The lowest BCUT2D eigenvalue weighted by molar-refractivity contribution is -0.116. The first-order chi connectivity index (χ1) is 21.1. The molecule has 0 spiro atoms. The summed E-state index contributed by atoms with van der Waals surface area (Å²) in [5.41, 5.74) is 0.559. The number of carbonyl (C=O) groups excluding carboxylic acids is 1. The smallest absolute Gasteiger partial charge is 0.469 e. The van der Waals surface area contributed by atoms with E-state index < -0.39 is 31.2 Å². The Balaban J connectivity index is 1.16. The number of anilines is 3. The van der Waals surface area contributed by atoms with Gasteiger partial charge < -0.3 is 25.2 Å². The molecule has 1 aliphatic rings. The number of likely N-dealkylation sites (tertiary alicyclic amines) is 1. The molecule has 5 rings (SSSR count). The van der Waals surface area contributed by atoms with Crippen molar-refractivity contribution in [3.05, 3.63) is 66.5 Å². The van der Waals surface area contributed by atoms with E-state index in [1.54, 1.807) is 0 Å². The fourth-order valence-corrected chi connectivity index (χ4v) is 5.23. The Morgan fingerprint density at radius 1 is 1.16 bits per heavy atom. The van der Waals surface area contributed by atoms with Crippen molar-refractivity contribution < 1.29 is 41.6 Å². The minimum Gasteiger partial charge on any atom is -0.490 e. The van der Waals surface area contributed by atoms with Gasteiger partial charge in [0.05, 0.1) is 36.3 Å². The van der Waals surface area contributed by atoms with Gasteiger partial charge in [0.1, 0.15) is 18.7 Å². The molecule has 3 heterocycles. The van der Waals surface area contributed by atoms with Crippen LogP contribution in [0.2, 0.25) is 0 Å². The van der Waals surface area contributed by atoms with Gasteiger partial charge in [-0.25, -0.2) is 27.7 Å². The van der Waals surface area contributed by atoms with Crippen molar-refractivity contribution in [2.45, 2.75) is 31.8 Å². The van der Waals surface area contributed by atoms with Crippen molar-refractivity contribution in [2.75, 3.05) is 36.9 Å². The topological polar surface area (TPSA) is 164 Å². The Morgan fingerprint density at radius 3 is 2.82 bits per heavy atom. The predicted molar refractivity (Wildman–Crippen MR) is 153 cm³/mol. The fraction of sp³-hybridized carbons (Fsp3) is 0.333. The average molecular weight is 636 g/mol. The largest absolute Gasteiger partial charge is 0.490 e. The fourth-order valence-electron chi connectivity index (χ4n) is 4.87. The lowest BCUT2D eigenvalue weighted by Crippen LogP contribution is -2.34. The normalized spacial score (nSPS) is 15.5. The third kappa shape index (κ3) is 8.09. The second kappa shape index (κ2) is 13.7. The molecule has 0 saturated carbocycles. The van der Waals surface area contributed by atoms with Crippen LogP contribution < -0.4 is 15.4 Å². The molecular weight excluding hydrogens is 606 g/mol. The molecule has 1 aliphatic heterocycles. The Hall–Kier alpha value is -4.08. The van der Waals surface area contributed by atoms with E-state index in [2.05, 4.69) is 35.1 Å². The Labute approximate surface area is 249 Å². The molecule has 0 bridgehead atoms. The first-order valence-corrected chi connectivity index (χ1v) is 15.1. The summed E-state index contributed by atoms with van der Waals surface area (Å²) < 4.78 is 64.8. The molecule has 13 nitrogen and oxygen atoms in total. The van der Waals surface area contributed by atoms with Crippen molar-refractivity contribution in [1.29, 1.82) is 0 Å². The number of rotatable bonds is 13. The monoisotopic (exact) mass is 635 g/mol. The van der Waals surface area contributed by atoms with Crippen LogP contribution in [0.5, 0.6) is 5.75 Å². The number of ether oxygens (including phenoxy) is 1. The van der Waals surface area contributed by atoms with Crippen molar-refractivity contribution in [3.8, 4) is 5.75 Å². The van der Waals surface area contributed by atoms with Crippen LogP contribution in [0.1, 0.15) is 19.3 Å². The van der Waals surface area contributed by atoms with Gasteiger partial charge in [-0.3, -0.25) is 18.9 Å². The summed E-state index contributed by atoms with van der Waals surface area (Å²) in [6, 6.07) is 6.06. The van der Waals surface area contributed by atoms with E-state index in [1.807, 2.05) is 0 Å². The molecule has 0 aliphatic carbocycles. The molecule has 4 N–H and O–H groups in total. The number of phosphoric ester groups is 1. The minimum absolute atomic E-state index is 0.0125. The number of halogens is 3. The molecule has 1 atom stereocenters. The van der Waals surface area contributed by atoms with Crippen LogP contribution in [-0.4, -0.2) is 72.7 Å². The average Bonchev–Trinajstić information content (AvgIpc) is 3.61. The Morgan fingerprint density at radius 2 is 2.00 bits per heavy atom. The molecule has 0 radical (unpaired) electrons. The summed E-state index contributed by atoms with van der Waals surface area (Å²) in [6.07, 6.45) is 6.42. The Kier molecular flexibility index (Phi) is 9.76. The van der Waals surface area contributed by atoms with E-state index in [-0.39, 0.29) is 43.1 Å². The first-order valence-electron chi connectivity index (χ1n) is 13.6. The first kappa shape index (κ1) is 31.3. The number of aromatic nitrogens is 4. The van der Waals surface area contributed by atoms with Crippen LogP contribution in [0, 0.1) is 17.5 Å². The number of fused-ring (bicyclic) bond motifs is 1. The van der Waals surface area contributed by atoms with Gasteiger partial charge in [0, 0.05) is 30.2 Å². The molecule has 17 heteroatoms. The van der Waals surface area contributed by atoms with Gasteiger partial charge in [-0.15, -0.1) is 0 Å². The SMILES string of the molecule is O=C(Cn1cc(Nc2ncnc3cc(OCCCN4CCC[C@@H]4COP(=O)(O)O)c(F)cc23)cn1)Nc1cccc(F)c1F. The lowest BCUT2D eigenvalue weighted by atomic mass is 10.2. The van der Waals surface area contributed by atoms with Crippen LogP contribution >= 0.6 is 7.82 Å². The molecule has 1 amide bonds. The molecule has 4 aromatic rings. The van der Waals surface area contributed by atoms with Gasteiger partial charge in [-0.05, 0) is 44.0 Å². The van der Waals surface area contributed by atoms with E-state index in [0.717, 1.165) is 25.5 Å². The minimum atomic E-state index is -4.53. The molecule has 44 heavy (non-hydrogen) atoms. The zero-order valence-corrected chi connectivity index (χ0v) is 24.1. The van der Waals surface area contributed by atoms with Crippen LogP contribution in [-0.2, 0) is 20.4 Å². The molecule has 0 unspecified atom stereocenters. The second-order valence-electron chi connectivity index (χ2n) is 10.0. The van der Waals surface area contributed by atoms with Crippen molar-refractivity contribution in [3.63, 3.8) is 0 Å². The van der Waals surface area contributed by atoms with Crippen molar-refractivity contribution in [2.24, 2.45) is 0 Å². The molecule has 1 saturated heterocycles. The summed E-state index contributed by atoms with van der Waals surface area (Å²) in [4.78, 5) is 40.7. The van der Waals surface area contributed by atoms with Crippen molar-refractivity contribution >= 4 is 41.8 Å². The summed E-state index contributed by atoms with van der Waals surface area (Å²) in [5, 5.41) is 9.76. The van der Waals surface area contributed by atoms with Crippen LogP contribution in [0.4, 0.5) is 30.4 Å². The standard InChI is InChI=1S/C27H29F3N7O6P/c28-20-5-1-6-22(26(20)30)35-25(38)14-37-13-17(12-33-37)34-27-19-10-21(29)24(11-23(19)31-16-32-27)42-9-3-8-36-7-2-4-18(36)15-43-44(39,40)41/h1,5-6,10-13,16,18H,2-4,7-9,14-15H2,(H,35,38)(H,31,32,34)(H2,39,40,41)/t18-/m1/s1. The van der Waals surface area contributed by atoms with Crippen LogP contribution in [0.15, 0.2) is 49.1 Å². The van der Waals surface area contributed by atoms with Crippen LogP contribution in [0.3, 0.4) is 0 Å². The van der Waals surface area contributed by atoms with Gasteiger partial charge in [0.2, 0.25) is 5.91 Å². The predicted octanol–water partition coefficient (Wildman–Crippen LogP) is 3.97. The lowest BCUT2D eigenvalue weighted by Gasteiger charge is -2.24. The maximum absolute atomic E-state index is 15.0. The number of amides is 1. The molecule has 234 valence electrons. The van der Waals surface area contributed by atoms with Gasteiger partial charge in [0.25, 0.3) is 0 Å². The van der Waals surface area contributed by atoms with Gasteiger partial charge in [0.15, 0.2) is 23.2 Å². The maximum Gasteiger partial charge on any atom is 0.469 e. The van der Waals surface area contributed by atoms with E-state index in [0.29, 0.717) is 29.6 Å². The van der Waals surface area contributed by atoms with E-state index in [9.17, 15) is 18.1 Å². The van der Waals surface area contributed by atoms with Gasteiger partial charge >= 0.3 is 7.82 Å². The number of carbonyl (C=O) groups is 1. The second-order valence-corrected chi connectivity index (χ2v) is 11.3. The maximum atomic E-state index is 15.0. The summed E-state index contributed by atoms with van der Waals surface area (Å²) >= 11 is 0. The van der Waals surface area contributed by atoms with Gasteiger partial charge in [-0.2, -0.15) is 5.10 Å². The molecule has 2 aromatic carbocycles. The molecule has 1 fully saturated rings. The quantitative estimate of drug-likeness (QED) is 0.124. The molecule has 2 aromatic heterocycles. The zero-order valence-electron chi connectivity index (χ0n) is 23.2. The number of hydrogen-bond acceptors (Lipinski definition) is 9. The highest BCUT2D eigenvalue weighted by atomic mass is 31.2. The van der Waals surface area contributed by atoms with E-state index in [1.165, 1.54) is 47.7 Å². The number of benzene rings is 2. The number of nitrogens with zero attached hydrogens (tertiary/aromatic N) is 5. The van der Waals surface area contributed by atoms with Crippen molar-refractivity contribution in [1.82, 2.24) is 24.6 Å². The summed E-state index contributed by atoms with van der Waals surface area (Å²) in [7, 11) is -4.53. The third-order valence-electron chi connectivity index (χ3n) is 6.90. The zero-order chi connectivity index (χ0) is 31.3. The molecular formula is C27H29F3N7O6P. The van der Waals surface area contributed by atoms with E-state index in [4.69, 9.17) is 14.5 Å². The summed E-state index contributed by atoms with van der Waals surface area (Å²) in [5.74, 6) is -3.20. The number of hydrogen-bond donors (Lipinski definition) is 4. The highest BCUT2D eigenvalue weighted by Crippen LogP contribution is 2.37. The highest BCUT2D eigenvalue weighted by Gasteiger charge is 2.27.